The molecule has 0 radical (unpaired) electrons. The summed E-state index contributed by atoms with van der Waals surface area (Å²) >= 11 is 0. The number of nitrogens with zero attached hydrogens (tertiary/aromatic N) is 3. The highest BCUT2D eigenvalue weighted by atomic mass is 16.2. The van der Waals surface area contributed by atoms with E-state index in [2.05, 4.69) is 20.3 Å². The van der Waals surface area contributed by atoms with Gasteiger partial charge in [-0.3, -0.25) is 14.6 Å². The van der Waals surface area contributed by atoms with Crippen LogP contribution in [0.3, 0.4) is 0 Å². The first kappa shape index (κ1) is 17.2. The minimum atomic E-state index is -0.569. The third-order valence-corrected chi connectivity index (χ3v) is 4.96. The van der Waals surface area contributed by atoms with Crippen LogP contribution in [0.15, 0.2) is 36.8 Å². The van der Waals surface area contributed by atoms with E-state index in [1.807, 2.05) is 38.1 Å². The fraction of sp³-hybridized carbons (Fsp3) is 0.300. The first-order chi connectivity index (χ1) is 13.0. The summed E-state index contributed by atoms with van der Waals surface area (Å²) in [6.07, 6.45) is 3.66. The van der Waals surface area contributed by atoms with Crippen molar-refractivity contribution in [1.29, 1.82) is 0 Å². The first-order valence-corrected chi connectivity index (χ1v) is 8.97. The molecule has 1 aromatic carbocycles. The number of benzene rings is 1. The van der Waals surface area contributed by atoms with Gasteiger partial charge in [0.1, 0.15) is 6.04 Å². The maximum absolute atomic E-state index is 13.5. The Balaban J connectivity index is 1.75. The van der Waals surface area contributed by atoms with Crippen molar-refractivity contribution in [3.05, 3.63) is 59.3 Å². The average Bonchev–Trinajstić information content (AvgIpc) is 3.16. The monoisotopic (exact) mass is 363 g/mol. The Kier molecular flexibility index (Phi) is 4.35. The summed E-state index contributed by atoms with van der Waals surface area (Å²) in [4.78, 5) is 39.2. The molecular weight excluding hydrogens is 342 g/mol. The summed E-state index contributed by atoms with van der Waals surface area (Å²) in [6, 6.07) is 7.06. The van der Waals surface area contributed by atoms with Crippen LogP contribution in [0.25, 0.3) is 10.9 Å². The fourth-order valence-electron chi connectivity index (χ4n) is 3.62. The van der Waals surface area contributed by atoms with E-state index in [-0.39, 0.29) is 11.8 Å². The minimum Gasteiger partial charge on any atom is -0.353 e. The van der Waals surface area contributed by atoms with E-state index in [1.165, 1.54) is 0 Å². The van der Waals surface area contributed by atoms with Crippen LogP contribution >= 0.6 is 0 Å². The van der Waals surface area contributed by atoms with E-state index in [1.54, 1.807) is 17.4 Å². The van der Waals surface area contributed by atoms with Gasteiger partial charge >= 0.3 is 0 Å². The Bertz CT molecular complexity index is 1010. The number of aromatic amines is 1. The van der Waals surface area contributed by atoms with E-state index in [9.17, 15) is 9.59 Å². The van der Waals surface area contributed by atoms with Gasteiger partial charge in [0.25, 0.3) is 5.91 Å². The van der Waals surface area contributed by atoms with Crippen molar-refractivity contribution in [2.45, 2.75) is 26.3 Å². The quantitative estimate of drug-likeness (QED) is 0.742. The van der Waals surface area contributed by atoms with Crippen molar-refractivity contribution >= 4 is 22.7 Å². The van der Waals surface area contributed by atoms with Gasteiger partial charge in [0.05, 0.1) is 17.4 Å². The molecule has 2 amide bonds. The zero-order valence-corrected chi connectivity index (χ0v) is 15.3. The number of carbonyl (C=O) groups is 2. The summed E-state index contributed by atoms with van der Waals surface area (Å²) in [7, 11) is 0. The van der Waals surface area contributed by atoms with Crippen molar-refractivity contribution in [1.82, 2.24) is 25.2 Å². The van der Waals surface area contributed by atoms with Gasteiger partial charge in [-0.25, -0.2) is 4.98 Å². The Hall–Kier alpha value is -3.22. The van der Waals surface area contributed by atoms with Crippen LogP contribution in [-0.4, -0.2) is 50.8 Å². The smallest absolute Gasteiger partial charge is 0.255 e. The molecule has 1 aliphatic rings. The number of aromatic nitrogens is 3. The molecule has 27 heavy (non-hydrogen) atoms. The molecule has 7 nitrogen and oxygen atoms in total. The molecule has 1 aliphatic heterocycles. The van der Waals surface area contributed by atoms with Gasteiger partial charge in [-0.05, 0) is 25.5 Å². The van der Waals surface area contributed by atoms with Crippen LogP contribution in [0.5, 0.6) is 0 Å². The molecule has 2 aromatic heterocycles. The molecule has 3 aromatic rings. The number of para-hydroxylation sites is 1. The van der Waals surface area contributed by atoms with Crippen LogP contribution in [0, 0.1) is 13.8 Å². The van der Waals surface area contributed by atoms with Crippen LogP contribution < -0.4 is 5.32 Å². The summed E-state index contributed by atoms with van der Waals surface area (Å²) in [5, 5.41) is 3.68. The number of hydrogen-bond donors (Lipinski definition) is 2. The van der Waals surface area contributed by atoms with E-state index in [4.69, 9.17) is 0 Å². The number of piperazine rings is 1. The molecule has 1 saturated heterocycles. The number of imidazole rings is 1. The molecule has 0 bridgehead atoms. The first-order valence-electron chi connectivity index (χ1n) is 8.97. The lowest BCUT2D eigenvalue weighted by Crippen LogP contribution is -2.58. The second kappa shape index (κ2) is 6.83. The number of hydrogen-bond acceptors (Lipinski definition) is 4. The summed E-state index contributed by atoms with van der Waals surface area (Å²) in [6.45, 7) is 4.79. The Morgan fingerprint density at radius 1 is 1.33 bits per heavy atom. The topological polar surface area (TPSA) is 91.0 Å². The number of carbonyl (C=O) groups excluding carboxylic acids is 2. The highest BCUT2D eigenvalue weighted by molar-refractivity contribution is 6.08. The summed E-state index contributed by atoms with van der Waals surface area (Å²) < 4.78 is 0. The van der Waals surface area contributed by atoms with Crippen molar-refractivity contribution in [3.8, 4) is 0 Å². The van der Waals surface area contributed by atoms with E-state index >= 15 is 0 Å². The number of rotatable bonds is 3. The number of nitrogens with one attached hydrogen (secondary N) is 2. The van der Waals surface area contributed by atoms with Gasteiger partial charge < -0.3 is 15.2 Å². The largest absolute Gasteiger partial charge is 0.353 e. The van der Waals surface area contributed by atoms with Crippen LogP contribution in [0.1, 0.15) is 27.3 Å². The second-order valence-corrected chi connectivity index (χ2v) is 6.87. The van der Waals surface area contributed by atoms with Crippen LogP contribution in [0.2, 0.25) is 0 Å². The molecule has 4 rings (SSSR count). The number of pyridine rings is 1. The standard InChI is InChI=1S/C20H21N5O2/c1-12-4-3-5-15-16(8-13(2)24-18(12)15)20(27)25-7-6-22-19(26)17(25)9-14-10-21-11-23-14/h3-5,8,10-11,17H,6-7,9H2,1-2H3,(H,21,23)(H,22,26). The molecule has 0 spiro atoms. The molecule has 0 aliphatic carbocycles. The van der Waals surface area contributed by atoms with Crippen molar-refractivity contribution in [2.75, 3.05) is 13.1 Å². The third-order valence-electron chi connectivity index (χ3n) is 4.96. The van der Waals surface area contributed by atoms with E-state index in [0.29, 0.717) is 25.1 Å². The van der Waals surface area contributed by atoms with Gasteiger partial charge in [0, 0.05) is 42.5 Å². The van der Waals surface area contributed by atoms with Gasteiger partial charge in [-0.15, -0.1) is 0 Å². The lowest BCUT2D eigenvalue weighted by molar-refractivity contribution is -0.127. The maximum Gasteiger partial charge on any atom is 0.255 e. The highest BCUT2D eigenvalue weighted by Gasteiger charge is 2.34. The van der Waals surface area contributed by atoms with Crippen molar-refractivity contribution in [2.24, 2.45) is 0 Å². The van der Waals surface area contributed by atoms with Crippen LogP contribution in [-0.2, 0) is 11.2 Å². The molecule has 3 heterocycles. The summed E-state index contributed by atoms with van der Waals surface area (Å²) in [5.74, 6) is -0.286. The predicted molar refractivity (Wildman–Crippen MR) is 101 cm³/mol. The van der Waals surface area contributed by atoms with Crippen molar-refractivity contribution in [3.63, 3.8) is 0 Å². The summed E-state index contributed by atoms with van der Waals surface area (Å²) in [5.41, 5.74) is 4.04. The molecule has 1 atom stereocenters. The minimum absolute atomic E-state index is 0.143. The van der Waals surface area contributed by atoms with Gasteiger partial charge in [-0.1, -0.05) is 18.2 Å². The molecule has 0 saturated carbocycles. The fourth-order valence-corrected chi connectivity index (χ4v) is 3.62. The lowest BCUT2D eigenvalue weighted by atomic mass is 10.0. The molecule has 1 unspecified atom stereocenters. The normalized spacial score (nSPS) is 17.2. The third kappa shape index (κ3) is 3.16. The van der Waals surface area contributed by atoms with Crippen LogP contribution in [0.4, 0.5) is 0 Å². The molecule has 7 heteroatoms. The number of amides is 2. The van der Waals surface area contributed by atoms with Gasteiger partial charge in [-0.2, -0.15) is 0 Å². The maximum atomic E-state index is 13.5. The Labute approximate surface area is 156 Å². The van der Waals surface area contributed by atoms with E-state index in [0.717, 1.165) is 27.9 Å². The molecule has 138 valence electrons. The van der Waals surface area contributed by atoms with E-state index < -0.39 is 6.04 Å². The van der Waals surface area contributed by atoms with Crippen molar-refractivity contribution < 1.29 is 9.59 Å². The lowest BCUT2D eigenvalue weighted by Gasteiger charge is -2.35. The highest BCUT2D eigenvalue weighted by Crippen LogP contribution is 2.24. The Morgan fingerprint density at radius 2 is 2.19 bits per heavy atom. The predicted octanol–water partition coefficient (Wildman–Crippen LogP) is 1.76. The zero-order chi connectivity index (χ0) is 19.0. The van der Waals surface area contributed by atoms with Gasteiger partial charge in [0.15, 0.2) is 0 Å². The Morgan fingerprint density at radius 3 is 2.96 bits per heavy atom. The molecule has 2 N–H and O–H groups in total. The molecule has 1 fully saturated rings. The zero-order valence-electron chi connectivity index (χ0n) is 15.3. The molecular formula is C20H21N5O2. The average molecular weight is 363 g/mol. The number of fused-ring (bicyclic) bond motifs is 1. The van der Waals surface area contributed by atoms with Gasteiger partial charge in [0.2, 0.25) is 5.91 Å². The number of H-pyrrole nitrogens is 1. The number of aryl methyl sites for hydroxylation is 2. The second-order valence-electron chi connectivity index (χ2n) is 6.87. The SMILES string of the molecule is Cc1cc(C(=O)N2CCNC(=O)C2Cc2cnc[nH]2)c2cccc(C)c2n1.